The summed E-state index contributed by atoms with van der Waals surface area (Å²) in [6, 6.07) is 11.9. The van der Waals surface area contributed by atoms with Gasteiger partial charge in [0.2, 0.25) is 0 Å². The highest BCUT2D eigenvalue weighted by Gasteiger charge is 2.20. The third-order valence-corrected chi connectivity index (χ3v) is 3.00. The van der Waals surface area contributed by atoms with Crippen molar-refractivity contribution in [3.63, 3.8) is 0 Å². The lowest BCUT2D eigenvalue weighted by Gasteiger charge is -2.33. The van der Waals surface area contributed by atoms with Crippen LogP contribution in [0.2, 0.25) is 0 Å². The molecule has 1 heterocycles. The quantitative estimate of drug-likeness (QED) is 0.706. The molecule has 1 aromatic carbocycles. The number of amides is 1. The van der Waals surface area contributed by atoms with Gasteiger partial charge in [-0.05, 0) is 5.56 Å². The van der Waals surface area contributed by atoms with Crippen molar-refractivity contribution in [1.29, 1.82) is 5.26 Å². The van der Waals surface area contributed by atoms with Gasteiger partial charge in [0.15, 0.2) is 6.07 Å². The van der Waals surface area contributed by atoms with Gasteiger partial charge in [-0.3, -0.25) is 9.69 Å². The Hall–Kier alpha value is -1.86. The van der Waals surface area contributed by atoms with Crippen LogP contribution in [0.4, 0.5) is 0 Å². The van der Waals surface area contributed by atoms with E-state index in [2.05, 4.69) is 17.0 Å². The second-order valence-corrected chi connectivity index (χ2v) is 4.17. The smallest absolute Gasteiger partial charge is 0.325 e. The summed E-state index contributed by atoms with van der Waals surface area (Å²) in [4.78, 5) is 15.1. The molecule has 88 valence electrons. The predicted octanol–water partition coefficient (Wildman–Crippen LogP) is 0.854. The fraction of sp³-hybridized carbons (Fsp3) is 0.385. The lowest BCUT2D eigenvalue weighted by atomic mass is 10.2. The van der Waals surface area contributed by atoms with E-state index in [1.807, 2.05) is 18.2 Å². The van der Waals surface area contributed by atoms with Crippen LogP contribution in [0.15, 0.2) is 30.3 Å². The molecule has 4 heteroatoms. The van der Waals surface area contributed by atoms with Gasteiger partial charge in [-0.25, -0.2) is 0 Å². The summed E-state index contributed by atoms with van der Waals surface area (Å²) in [5.74, 6) is -0.413. The highest BCUT2D eigenvalue weighted by Crippen LogP contribution is 2.08. The van der Waals surface area contributed by atoms with Crippen LogP contribution in [-0.2, 0) is 11.3 Å². The number of carbonyl (C=O) groups excluding carboxylic acids is 1. The van der Waals surface area contributed by atoms with E-state index in [-0.39, 0.29) is 0 Å². The summed E-state index contributed by atoms with van der Waals surface area (Å²) in [5.41, 5.74) is 1.28. The largest absolute Gasteiger partial charge is 0.328 e. The molecule has 0 atom stereocenters. The highest BCUT2D eigenvalue weighted by molar-refractivity contribution is 5.91. The molecular formula is C13H15N3O. The molecule has 1 amide bonds. The van der Waals surface area contributed by atoms with Crippen molar-refractivity contribution >= 4 is 5.91 Å². The highest BCUT2D eigenvalue weighted by atomic mass is 16.2. The zero-order valence-electron chi connectivity index (χ0n) is 9.67. The van der Waals surface area contributed by atoms with Crippen molar-refractivity contribution in [2.75, 3.05) is 26.2 Å². The summed E-state index contributed by atoms with van der Waals surface area (Å²) in [5, 5.41) is 8.53. The van der Waals surface area contributed by atoms with Crippen molar-refractivity contribution in [3.8, 4) is 6.07 Å². The Kier molecular flexibility index (Phi) is 3.73. The zero-order chi connectivity index (χ0) is 12.1. The lowest BCUT2D eigenvalue weighted by Crippen LogP contribution is -2.47. The molecule has 17 heavy (non-hydrogen) atoms. The molecule has 0 spiro atoms. The predicted molar refractivity (Wildman–Crippen MR) is 63.9 cm³/mol. The monoisotopic (exact) mass is 229 g/mol. The van der Waals surface area contributed by atoms with E-state index in [1.54, 1.807) is 11.0 Å². The SMILES string of the molecule is N#CC(=O)N1CCN(Cc2ccccc2)CC1. The summed E-state index contributed by atoms with van der Waals surface area (Å²) in [6.07, 6.45) is 0. The van der Waals surface area contributed by atoms with Crippen LogP contribution in [0.5, 0.6) is 0 Å². The van der Waals surface area contributed by atoms with Crippen LogP contribution >= 0.6 is 0 Å². The third kappa shape index (κ3) is 3.05. The van der Waals surface area contributed by atoms with Crippen LogP contribution in [0.25, 0.3) is 0 Å². The molecule has 1 aliphatic rings. The Balaban J connectivity index is 1.84. The minimum Gasteiger partial charge on any atom is -0.328 e. The van der Waals surface area contributed by atoms with Gasteiger partial charge in [0.05, 0.1) is 0 Å². The number of benzene rings is 1. The normalized spacial score (nSPS) is 16.5. The summed E-state index contributed by atoms with van der Waals surface area (Å²) >= 11 is 0. The Bertz CT molecular complexity index is 416. The summed E-state index contributed by atoms with van der Waals surface area (Å²) in [6.45, 7) is 3.89. The van der Waals surface area contributed by atoms with Gasteiger partial charge in [0.1, 0.15) is 0 Å². The van der Waals surface area contributed by atoms with Gasteiger partial charge in [-0.15, -0.1) is 0 Å². The minimum atomic E-state index is -0.413. The van der Waals surface area contributed by atoms with E-state index < -0.39 is 5.91 Å². The molecule has 2 rings (SSSR count). The first-order valence-electron chi connectivity index (χ1n) is 5.75. The van der Waals surface area contributed by atoms with Crippen molar-refractivity contribution in [2.24, 2.45) is 0 Å². The Labute approximate surface area is 101 Å². The van der Waals surface area contributed by atoms with E-state index in [9.17, 15) is 4.79 Å². The van der Waals surface area contributed by atoms with Crippen LogP contribution in [0.1, 0.15) is 5.56 Å². The number of nitriles is 1. The minimum absolute atomic E-state index is 0.413. The van der Waals surface area contributed by atoms with Gasteiger partial charge in [0, 0.05) is 32.7 Å². The molecular weight excluding hydrogens is 214 g/mol. The molecule has 0 radical (unpaired) electrons. The number of piperazine rings is 1. The molecule has 0 N–H and O–H groups in total. The number of carbonyl (C=O) groups is 1. The molecule has 1 aromatic rings. The standard InChI is InChI=1S/C13H15N3O/c14-10-13(17)16-8-6-15(7-9-16)11-12-4-2-1-3-5-12/h1-5H,6-9,11H2. The van der Waals surface area contributed by atoms with Gasteiger partial charge < -0.3 is 4.90 Å². The van der Waals surface area contributed by atoms with E-state index in [4.69, 9.17) is 5.26 Å². The van der Waals surface area contributed by atoms with Crippen molar-refractivity contribution in [1.82, 2.24) is 9.80 Å². The zero-order valence-corrected chi connectivity index (χ0v) is 9.67. The molecule has 0 unspecified atom stereocenters. The number of hydrogen-bond donors (Lipinski definition) is 0. The van der Waals surface area contributed by atoms with Gasteiger partial charge in [-0.2, -0.15) is 5.26 Å². The molecule has 0 bridgehead atoms. The number of rotatable bonds is 2. The van der Waals surface area contributed by atoms with Crippen molar-refractivity contribution in [3.05, 3.63) is 35.9 Å². The Morgan fingerprint density at radius 2 is 1.82 bits per heavy atom. The van der Waals surface area contributed by atoms with E-state index in [0.717, 1.165) is 19.6 Å². The molecule has 0 saturated carbocycles. The van der Waals surface area contributed by atoms with Crippen LogP contribution in [-0.4, -0.2) is 41.9 Å². The van der Waals surface area contributed by atoms with Gasteiger partial charge >= 0.3 is 5.91 Å². The third-order valence-electron chi connectivity index (χ3n) is 3.00. The Morgan fingerprint density at radius 1 is 1.18 bits per heavy atom. The van der Waals surface area contributed by atoms with E-state index >= 15 is 0 Å². The van der Waals surface area contributed by atoms with E-state index in [0.29, 0.717) is 13.1 Å². The summed E-state index contributed by atoms with van der Waals surface area (Å²) < 4.78 is 0. The number of hydrogen-bond acceptors (Lipinski definition) is 3. The molecule has 1 saturated heterocycles. The molecule has 0 aliphatic carbocycles. The molecule has 1 fully saturated rings. The van der Waals surface area contributed by atoms with E-state index in [1.165, 1.54) is 5.56 Å². The van der Waals surface area contributed by atoms with Crippen LogP contribution in [0, 0.1) is 11.3 Å². The molecule has 0 aromatic heterocycles. The first kappa shape index (κ1) is 11.6. The van der Waals surface area contributed by atoms with Crippen LogP contribution < -0.4 is 0 Å². The first-order valence-corrected chi connectivity index (χ1v) is 5.75. The molecule has 1 aliphatic heterocycles. The second kappa shape index (κ2) is 5.46. The second-order valence-electron chi connectivity index (χ2n) is 4.17. The first-order chi connectivity index (χ1) is 8.29. The lowest BCUT2D eigenvalue weighted by molar-refractivity contribution is -0.127. The van der Waals surface area contributed by atoms with Crippen molar-refractivity contribution in [2.45, 2.75) is 6.54 Å². The maximum absolute atomic E-state index is 11.2. The van der Waals surface area contributed by atoms with Crippen molar-refractivity contribution < 1.29 is 4.79 Å². The fourth-order valence-electron chi connectivity index (χ4n) is 2.02. The summed E-state index contributed by atoms with van der Waals surface area (Å²) in [7, 11) is 0. The Morgan fingerprint density at radius 3 is 2.41 bits per heavy atom. The van der Waals surface area contributed by atoms with Crippen LogP contribution in [0.3, 0.4) is 0 Å². The van der Waals surface area contributed by atoms with Gasteiger partial charge in [-0.1, -0.05) is 30.3 Å². The number of nitrogens with zero attached hydrogens (tertiary/aromatic N) is 3. The fourth-order valence-corrected chi connectivity index (χ4v) is 2.02. The maximum atomic E-state index is 11.2. The topological polar surface area (TPSA) is 47.3 Å². The van der Waals surface area contributed by atoms with Gasteiger partial charge in [0.25, 0.3) is 0 Å². The average Bonchev–Trinajstić information content (AvgIpc) is 2.40. The average molecular weight is 229 g/mol. The maximum Gasteiger partial charge on any atom is 0.325 e. The molecule has 4 nitrogen and oxygen atoms in total.